The molecule has 0 amide bonds. The Morgan fingerprint density at radius 2 is 2.27 bits per heavy atom. The molecule has 0 bridgehead atoms. The lowest BCUT2D eigenvalue weighted by Gasteiger charge is -1.92. The van der Waals surface area contributed by atoms with Crippen molar-refractivity contribution in [3.63, 3.8) is 0 Å². The van der Waals surface area contributed by atoms with Gasteiger partial charge in [0, 0.05) is 7.11 Å². The van der Waals surface area contributed by atoms with Crippen molar-refractivity contribution in [3.8, 4) is 0 Å². The summed E-state index contributed by atoms with van der Waals surface area (Å²) in [6, 6.07) is 0. The average molecular weight is 268 g/mol. The first-order chi connectivity index (χ1) is 4.83. The first-order valence-corrected chi connectivity index (χ1v) is 3.33. The lowest BCUT2D eigenvalue weighted by Crippen LogP contribution is -3.00. The van der Waals surface area contributed by atoms with Gasteiger partial charge in [-0.3, -0.25) is 0 Å². The van der Waals surface area contributed by atoms with Crippen molar-refractivity contribution >= 4 is 0 Å². The van der Waals surface area contributed by atoms with Crippen LogP contribution in [0.3, 0.4) is 0 Å². The highest BCUT2D eigenvalue weighted by Gasteiger charge is 1.96. The Morgan fingerprint density at radius 3 is 2.73 bits per heavy atom. The van der Waals surface area contributed by atoms with Gasteiger partial charge in [0.15, 0.2) is 0 Å². The molecule has 11 heavy (non-hydrogen) atoms. The zero-order valence-electron chi connectivity index (χ0n) is 6.83. The van der Waals surface area contributed by atoms with E-state index in [0.29, 0.717) is 0 Å². The number of halogens is 1. The summed E-state index contributed by atoms with van der Waals surface area (Å²) in [4.78, 5) is 0. The Bertz CT molecular complexity index is 200. The molecule has 0 fully saturated rings. The molecule has 0 aliphatic heterocycles. The van der Waals surface area contributed by atoms with Crippen molar-refractivity contribution in [3.05, 3.63) is 18.7 Å². The maximum Gasteiger partial charge on any atom is 0.243 e. The molecular formula is C7H13IN2O. The maximum absolute atomic E-state index is 4.92. The highest BCUT2D eigenvalue weighted by atomic mass is 127. The van der Waals surface area contributed by atoms with Gasteiger partial charge < -0.3 is 28.7 Å². The zero-order chi connectivity index (χ0) is 7.40. The van der Waals surface area contributed by atoms with Crippen LogP contribution in [0.5, 0.6) is 0 Å². The van der Waals surface area contributed by atoms with Crippen LogP contribution in [0.1, 0.15) is 0 Å². The van der Waals surface area contributed by atoms with Crippen molar-refractivity contribution in [2.45, 2.75) is 6.54 Å². The van der Waals surface area contributed by atoms with Gasteiger partial charge in [-0.1, -0.05) is 0 Å². The second-order valence-electron chi connectivity index (χ2n) is 2.31. The molecule has 1 aromatic rings. The lowest BCUT2D eigenvalue weighted by molar-refractivity contribution is -0.697. The molecule has 0 N–H and O–H groups in total. The van der Waals surface area contributed by atoms with E-state index in [1.54, 1.807) is 7.11 Å². The zero-order valence-corrected chi connectivity index (χ0v) is 8.98. The number of ether oxygens (including phenoxy) is 1. The van der Waals surface area contributed by atoms with E-state index in [4.69, 9.17) is 4.74 Å². The van der Waals surface area contributed by atoms with E-state index in [-0.39, 0.29) is 24.0 Å². The quantitative estimate of drug-likeness (QED) is 0.421. The van der Waals surface area contributed by atoms with Crippen molar-refractivity contribution in [2.24, 2.45) is 7.05 Å². The standard InChI is InChI=1S/C7H13N2O.HI/c1-8-3-4-9(7-8)5-6-10-2;/h3-4,7H,5-6H2,1-2H3;1H/q+1;/p-1. The molecular weight excluding hydrogens is 255 g/mol. The molecule has 1 heterocycles. The summed E-state index contributed by atoms with van der Waals surface area (Å²) in [5.41, 5.74) is 0. The molecule has 0 unspecified atom stereocenters. The molecule has 64 valence electrons. The Balaban J connectivity index is 0.000001000. The van der Waals surface area contributed by atoms with E-state index >= 15 is 0 Å². The third-order valence-corrected chi connectivity index (χ3v) is 1.38. The van der Waals surface area contributed by atoms with Gasteiger partial charge in [0.1, 0.15) is 18.9 Å². The van der Waals surface area contributed by atoms with Crippen molar-refractivity contribution in [2.75, 3.05) is 13.7 Å². The fourth-order valence-electron chi connectivity index (χ4n) is 0.831. The fraction of sp³-hybridized carbons (Fsp3) is 0.571. The molecule has 1 aromatic heterocycles. The van der Waals surface area contributed by atoms with Gasteiger partial charge in [-0.25, -0.2) is 9.13 Å². The summed E-state index contributed by atoms with van der Waals surface area (Å²) in [7, 11) is 3.72. The molecule has 0 spiro atoms. The van der Waals surface area contributed by atoms with Crippen LogP contribution >= 0.6 is 0 Å². The van der Waals surface area contributed by atoms with Gasteiger partial charge in [-0.2, -0.15) is 0 Å². The lowest BCUT2D eigenvalue weighted by atomic mass is 10.7. The monoisotopic (exact) mass is 268 g/mol. The Morgan fingerprint density at radius 1 is 1.55 bits per heavy atom. The summed E-state index contributed by atoms with van der Waals surface area (Å²) in [6.45, 7) is 1.70. The van der Waals surface area contributed by atoms with Gasteiger partial charge in [0.05, 0.1) is 13.7 Å². The van der Waals surface area contributed by atoms with E-state index in [1.165, 1.54) is 0 Å². The fourth-order valence-corrected chi connectivity index (χ4v) is 0.831. The molecule has 0 aromatic carbocycles. The molecule has 1 rings (SSSR count). The predicted molar refractivity (Wildman–Crippen MR) is 37.5 cm³/mol. The molecule has 0 saturated carbocycles. The summed E-state index contributed by atoms with van der Waals surface area (Å²) < 4.78 is 9.02. The van der Waals surface area contributed by atoms with Crippen LogP contribution in [0.15, 0.2) is 18.7 Å². The average Bonchev–Trinajstić information content (AvgIpc) is 2.31. The first-order valence-electron chi connectivity index (χ1n) is 3.33. The molecule has 0 aliphatic rings. The molecule has 3 nitrogen and oxygen atoms in total. The number of hydrogen-bond donors (Lipinski definition) is 0. The number of rotatable bonds is 3. The third kappa shape index (κ3) is 3.71. The first kappa shape index (κ1) is 10.9. The van der Waals surface area contributed by atoms with Gasteiger partial charge >= 0.3 is 0 Å². The van der Waals surface area contributed by atoms with Gasteiger partial charge in [-0.05, 0) is 0 Å². The van der Waals surface area contributed by atoms with Crippen molar-refractivity contribution < 1.29 is 33.3 Å². The van der Waals surface area contributed by atoms with Crippen LogP contribution in [0.2, 0.25) is 0 Å². The topological polar surface area (TPSA) is 18.0 Å². The number of nitrogens with zero attached hydrogens (tertiary/aromatic N) is 2. The Hall–Kier alpha value is -0.100. The van der Waals surface area contributed by atoms with E-state index in [0.717, 1.165) is 13.2 Å². The molecule has 0 saturated heterocycles. The highest BCUT2D eigenvalue weighted by Crippen LogP contribution is 1.76. The van der Waals surface area contributed by atoms with E-state index in [1.807, 2.05) is 30.3 Å². The number of aryl methyl sites for hydroxylation is 1. The summed E-state index contributed by atoms with van der Waals surface area (Å²) in [6.07, 6.45) is 6.06. The minimum Gasteiger partial charge on any atom is -1.00 e. The number of imidazole rings is 1. The van der Waals surface area contributed by atoms with E-state index in [2.05, 4.69) is 4.57 Å². The van der Waals surface area contributed by atoms with Crippen LogP contribution in [0.25, 0.3) is 0 Å². The van der Waals surface area contributed by atoms with Crippen molar-refractivity contribution in [1.82, 2.24) is 4.57 Å². The third-order valence-electron chi connectivity index (χ3n) is 1.38. The Kier molecular flexibility index (Phi) is 5.49. The van der Waals surface area contributed by atoms with Crippen molar-refractivity contribution in [1.29, 1.82) is 0 Å². The van der Waals surface area contributed by atoms with Crippen LogP contribution in [-0.4, -0.2) is 18.3 Å². The van der Waals surface area contributed by atoms with Crippen LogP contribution < -0.4 is 28.5 Å². The number of methoxy groups -OCH3 is 1. The van der Waals surface area contributed by atoms with Crippen LogP contribution in [-0.2, 0) is 18.3 Å². The maximum atomic E-state index is 4.92. The largest absolute Gasteiger partial charge is 1.00 e. The summed E-state index contributed by atoms with van der Waals surface area (Å²) >= 11 is 0. The number of hydrogen-bond acceptors (Lipinski definition) is 1. The highest BCUT2D eigenvalue weighted by molar-refractivity contribution is 4.61. The van der Waals surface area contributed by atoms with Gasteiger partial charge in [-0.15, -0.1) is 0 Å². The minimum absolute atomic E-state index is 0. The predicted octanol–water partition coefficient (Wildman–Crippen LogP) is -3.04. The summed E-state index contributed by atoms with van der Waals surface area (Å²) in [5.74, 6) is 0. The van der Waals surface area contributed by atoms with E-state index in [9.17, 15) is 0 Å². The number of aromatic nitrogens is 2. The van der Waals surface area contributed by atoms with Gasteiger partial charge in [0.2, 0.25) is 6.33 Å². The normalized spacial score (nSPS) is 9.27. The van der Waals surface area contributed by atoms with Gasteiger partial charge in [0.25, 0.3) is 0 Å². The van der Waals surface area contributed by atoms with Crippen LogP contribution in [0.4, 0.5) is 0 Å². The summed E-state index contributed by atoms with van der Waals surface area (Å²) in [5, 5.41) is 0. The SMILES string of the molecule is COCC[n+]1ccn(C)c1.[I-]. The second kappa shape index (κ2) is 5.54. The van der Waals surface area contributed by atoms with Crippen LogP contribution in [0, 0.1) is 0 Å². The van der Waals surface area contributed by atoms with E-state index < -0.39 is 0 Å². The molecule has 0 aliphatic carbocycles. The smallest absolute Gasteiger partial charge is 0.243 e. The second-order valence-corrected chi connectivity index (χ2v) is 2.31. The Labute approximate surface area is 84.0 Å². The molecule has 0 radical (unpaired) electrons. The molecule has 0 atom stereocenters. The molecule has 4 heteroatoms. The minimum atomic E-state index is 0.